The number of hydrogen-bond acceptors (Lipinski definition) is 4. The SMILES string of the molecule is OB(O)c1ccnc(F)n1. The molecule has 0 amide bonds. The first-order chi connectivity index (χ1) is 4.70. The monoisotopic (exact) mass is 142 g/mol. The van der Waals surface area contributed by atoms with Gasteiger partial charge in [-0.2, -0.15) is 4.39 Å². The second-order valence-electron chi connectivity index (χ2n) is 1.62. The fraction of sp³-hybridized carbons (Fsp3) is 0. The standard InChI is InChI=1S/C4H4BFN2O2/c6-4-7-2-1-3(8-4)5(9)10/h1-2,9-10H. The molecule has 0 fully saturated rings. The van der Waals surface area contributed by atoms with E-state index in [9.17, 15) is 4.39 Å². The van der Waals surface area contributed by atoms with Crippen LogP contribution in [0.1, 0.15) is 0 Å². The summed E-state index contributed by atoms with van der Waals surface area (Å²) in [5, 5.41) is 16.9. The molecule has 0 saturated heterocycles. The van der Waals surface area contributed by atoms with E-state index in [0.717, 1.165) is 6.20 Å². The molecule has 0 unspecified atom stereocenters. The molecule has 4 nitrogen and oxygen atoms in total. The first-order valence-corrected chi connectivity index (χ1v) is 2.55. The molecule has 1 rings (SSSR count). The van der Waals surface area contributed by atoms with Gasteiger partial charge in [-0.05, 0) is 6.07 Å². The summed E-state index contributed by atoms with van der Waals surface area (Å²) in [6, 6.07) is 1.22. The van der Waals surface area contributed by atoms with E-state index in [0.29, 0.717) is 0 Å². The lowest BCUT2D eigenvalue weighted by Crippen LogP contribution is -2.33. The zero-order chi connectivity index (χ0) is 7.56. The highest BCUT2D eigenvalue weighted by molar-refractivity contribution is 6.57. The fourth-order valence-electron chi connectivity index (χ4n) is 0.492. The summed E-state index contributed by atoms with van der Waals surface area (Å²) in [6.45, 7) is 0. The number of nitrogens with zero attached hydrogens (tertiary/aromatic N) is 2. The van der Waals surface area contributed by atoms with Crippen LogP contribution in [0.4, 0.5) is 4.39 Å². The molecule has 1 aromatic heterocycles. The van der Waals surface area contributed by atoms with Crippen molar-refractivity contribution in [3.63, 3.8) is 0 Å². The Hall–Kier alpha value is -1.01. The summed E-state index contributed by atoms with van der Waals surface area (Å²) in [5.74, 6) is 0. The predicted molar refractivity (Wildman–Crippen MR) is 31.8 cm³/mol. The van der Waals surface area contributed by atoms with Crippen molar-refractivity contribution < 1.29 is 14.4 Å². The first kappa shape index (κ1) is 7.11. The van der Waals surface area contributed by atoms with Gasteiger partial charge in [-0.15, -0.1) is 0 Å². The lowest BCUT2D eigenvalue weighted by atomic mass is 9.86. The number of halogens is 1. The van der Waals surface area contributed by atoms with Crippen molar-refractivity contribution in [1.82, 2.24) is 9.97 Å². The molecule has 0 aromatic carbocycles. The molecule has 0 aliphatic rings. The normalized spacial score (nSPS) is 9.50. The van der Waals surface area contributed by atoms with E-state index >= 15 is 0 Å². The molecule has 0 aliphatic heterocycles. The van der Waals surface area contributed by atoms with Crippen LogP contribution in [0, 0.1) is 6.08 Å². The van der Waals surface area contributed by atoms with E-state index in [2.05, 4.69) is 9.97 Å². The topological polar surface area (TPSA) is 66.2 Å². The minimum Gasteiger partial charge on any atom is -0.422 e. The van der Waals surface area contributed by atoms with E-state index in [-0.39, 0.29) is 5.59 Å². The Labute approximate surface area is 56.5 Å². The van der Waals surface area contributed by atoms with Crippen molar-refractivity contribution in [2.75, 3.05) is 0 Å². The fourth-order valence-corrected chi connectivity index (χ4v) is 0.492. The summed E-state index contributed by atoms with van der Waals surface area (Å²) in [7, 11) is -1.74. The lowest BCUT2D eigenvalue weighted by molar-refractivity contribution is 0.422. The summed E-state index contributed by atoms with van der Waals surface area (Å²) in [4.78, 5) is 6.22. The van der Waals surface area contributed by atoms with Gasteiger partial charge in [0, 0.05) is 6.20 Å². The van der Waals surface area contributed by atoms with Crippen LogP contribution in [-0.2, 0) is 0 Å². The first-order valence-electron chi connectivity index (χ1n) is 2.55. The predicted octanol–water partition coefficient (Wildman–Crippen LogP) is -1.70. The van der Waals surface area contributed by atoms with E-state index in [4.69, 9.17) is 10.0 Å². The van der Waals surface area contributed by atoms with Crippen molar-refractivity contribution in [2.45, 2.75) is 0 Å². The van der Waals surface area contributed by atoms with Crippen LogP contribution in [0.25, 0.3) is 0 Å². The van der Waals surface area contributed by atoms with E-state index in [1.807, 2.05) is 0 Å². The highest BCUT2D eigenvalue weighted by Crippen LogP contribution is 1.80. The van der Waals surface area contributed by atoms with Crippen LogP contribution in [0.15, 0.2) is 12.3 Å². The third-order valence-corrected chi connectivity index (χ3v) is 0.912. The Kier molecular flexibility index (Phi) is 1.93. The van der Waals surface area contributed by atoms with Crippen molar-refractivity contribution in [3.05, 3.63) is 18.3 Å². The zero-order valence-corrected chi connectivity index (χ0v) is 4.90. The van der Waals surface area contributed by atoms with Crippen LogP contribution >= 0.6 is 0 Å². The van der Waals surface area contributed by atoms with Gasteiger partial charge in [0.1, 0.15) is 0 Å². The molecule has 10 heavy (non-hydrogen) atoms. The minimum atomic E-state index is -1.74. The Bertz CT molecular complexity index is 232. The van der Waals surface area contributed by atoms with Gasteiger partial charge in [0.2, 0.25) is 0 Å². The molecular weight excluding hydrogens is 138 g/mol. The average Bonchev–Trinajstić information content (AvgIpc) is 1.88. The molecule has 0 bridgehead atoms. The smallest absolute Gasteiger partial charge is 0.422 e. The van der Waals surface area contributed by atoms with Gasteiger partial charge < -0.3 is 10.0 Å². The summed E-state index contributed by atoms with van der Waals surface area (Å²) < 4.78 is 12.1. The van der Waals surface area contributed by atoms with Gasteiger partial charge in [0.25, 0.3) is 0 Å². The largest absolute Gasteiger partial charge is 0.508 e. The maximum atomic E-state index is 12.1. The lowest BCUT2D eigenvalue weighted by Gasteiger charge is -1.94. The molecule has 1 heterocycles. The summed E-state index contributed by atoms with van der Waals surface area (Å²) in [5.41, 5.74) is -0.146. The molecule has 1 aromatic rings. The van der Waals surface area contributed by atoms with E-state index in [1.165, 1.54) is 6.07 Å². The van der Waals surface area contributed by atoms with Crippen LogP contribution in [0.5, 0.6) is 0 Å². The van der Waals surface area contributed by atoms with Gasteiger partial charge in [-0.25, -0.2) is 9.97 Å². The minimum absolute atomic E-state index is 0.146. The van der Waals surface area contributed by atoms with E-state index < -0.39 is 13.2 Å². The van der Waals surface area contributed by atoms with Crippen molar-refractivity contribution in [1.29, 1.82) is 0 Å². The summed E-state index contributed by atoms with van der Waals surface area (Å²) in [6.07, 6.45) is 0.141. The van der Waals surface area contributed by atoms with Crippen molar-refractivity contribution in [2.24, 2.45) is 0 Å². The number of hydrogen-bond donors (Lipinski definition) is 2. The highest BCUT2D eigenvalue weighted by atomic mass is 19.1. The Balaban J connectivity index is 2.96. The van der Waals surface area contributed by atoms with Crippen LogP contribution < -0.4 is 5.59 Å². The molecule has 0 atom stereocenters. The van der Waals surface area contributed by atoms with Crippen molar-refractivity contribution >= 4 is 12.7 Å². The zero-order valence-electron chi connectivity index (χ0n) is 4.90. The number of aromatic nitrogens is 2. The van der Waals surface area contributed by atoms with Gasteiger partial charge in [0.15, 0.2) is 0 Å². The Morgan fingerprint density at radius 1 is 1.50 bits per heavy atom. The third-order valence-electron chi connectivity index (χ3n) is 0.912. The van der Waals surface area contributed by atoms with E-state index in [1.54, 1.807) is 0 Å². The third kappa shape index (κ3) is 1.49. The average molecular weight is 142 g/mol. The molecule has 0 radical (unpaired) electrons. The maximum Gasteiger partial charge on any atom is 0.508 e. The van der Waals surface area contributed by atoms with Crippen LogP contribution in [0.3, 0.4) is 0 Å². The second-order valence-corrected chi connectivity index (χ2v) is 1.62. The molecule has 52 valence electrons. The van der Waals surface area contributed by atoms with Gasteiger partial charge in [0.05, 0.1) is 5.59 Å². The summed E-state index contributed by atoms with van der Waals surface area (Å²) >= 11 is 0. The van der Waals surface area contributed by atoms with Gasteiger partial charge >= 0.3 is 13.2 Å². The van der Waals surface area contributed by atoms with Gasteiger partial charge in [-0.1, -0.05) is 0 Å². The Morgan fingerprint density at radius 2 is 2.20 bits per heavy atom. The molecule has 6 heteroatoms. The quantitative estimate of drug-likeness (QED) is 0.362. The maximum absolute atomic E-state index is 12.1. The molecule has 0 spiro atoms. The molecule has 0 saturated carbocycles. The molecule has 2 N–H and O–H groups in total. The van der Waals surface area contributed by atoms with Gasteiger partial charge in [-0.3, -0.25) is 0 Å². The second kappa shape index (κ2) is 2.72. The molecule has 0 aliphatic carbocycles. The van der Waals surface area contributed by atoms with Crippen molar-refractivity contribution in [3.8, 4) is 0 Å². The highest BCUT2D eigenvalue weighted by Gasteiger charge is 2.12. The molecular formula is C4H4BFN2O2. The Morgan fingerprint density at radius 3 is 2.60 bits per heavy atom. The van der Waals surface area contributed by atoms with Crippen LogP contribution in [0.2, 0.25) is 0 Å². The van der Waals surface area contributed by atoms with Crippen LogP contribution in [-0.4, -0.2) is 27.1 Å². The number of rotatable bonds is 1.